The van der Waals surface area contributed by atoms with Crippen molar-refractivity contribution in [3.8, 4) is 0 Å². The first-order chi connectivity index (χ1) is 12.6. The summed E-state index contributed by atoms with van der Waals surface area (Å²) in [6.45, 7) is 9.41. The van der Waals surface area contributed by atoms with Gasteiger partial charge in [0.15, 0.2) is 5.96 Å². The summed E-state index contributed by atoms with van der Waals surface area (Å²) in [6, 6.07) is 4.08. The van der Waals surface area contributed by atoms with Crippen molar-refractivity contribution in [3.05, 3.63) is 21.3 Å². The van der Waals surface area contributed by atoms with Crippen LogP contribution in [-0.4, -0.2) is 78.9 Å². The van der Waals surface area contributed by atoms with Crippen LogP contribution in [0.25, 0.3) is 0 Å². The molecule has 1 aromatic heterocycles. The van der Waals surface area contributed by atoms with E-state index in [0.29, 0.717) is 32.6 Å². The molecule has 0 aromatic carbocycles. The highest BCUT2D eigenvalue weighted by Gasteiger charge is 2.30. The zero-order valence-corrected chi connectivity index (χ0v) is 19.7. The van der Waals surface area contributed by atoms with E-state index in [4.69, 9.17) is 21.3 Å². The summed E-state index contributed by atoms with van der Waals surface area (Å²) >= 11 is 7.68. The van der Waals surface area contributed by atoms with Gasteiger partial charge in [0.2, 0.25) is 0 Å². The standard InChI is InChI=1S/C18H29ClN4O2S.HI/c1-2-20-17(21-14-18(24)5-11-25-12-6-18)23-9-7-22(8-10-23)13-15-3-4-16(19)26-15;/h3-4,24H,2,5-14H2,1H3,(H,20,21);1H. The summed E-state index contributed by atoms with van der Waals surface area (Å²) in [4.78, 5) is 10.8. The topological polar surface area (TPSA) is 60.3 Å². The van der Waals surface area contributed by atoms with Crippen LogP contribution >= 0.6 is 46.9 Å². The van der Waals surface area contributed by atoms with Gasteiger partial charge in [-0.3, -0.25) is 9.89 Å². The summed E-state index contributed by atoms with van der Waals surface area (Å²) in [5.41, 5.74) is -0.723. The van der Waals surface area contributed by atoms with Gasteiger partial charge in [0.05, 0.1) is 16.5 Å². The lowest BCUT2D eigenvalue weighted by Crippen LogP contribution is -2.52. The Hall–Kier alpha value is -0.130. The maximum Gasteiger partial charge on any atom is 0.194 e. The molecule has 1 aromatic rings. The lowest BCUT2D eigenvalue weighted by atomic mass is 9.95. The molecule has 2 saturated heterocycles. The molecular formula is C18H30ClIN4O2S. The molecule has 0 unspecified atom stereocenters. The number of halogens is 2. The Kier molecular flexibility index (Phi) is 9.57. The number of thiophene rings is 1. The van der Waals surface area contributed by atoms with Gasteiger partial charge in [-0.15, -0.1) is 35.3 Å². The molecule has 0 bridgehead atoms. The Morgan fingerprint density at radius 3 is 2.59 bits per heavy atom. The van der Waals surface area contributed by atoms with Crippen molar-refractivity contribution in [2.24, 2.45) is 4.99 Å². The average Bonchev–Trinajstić information content (AvgIpc) is 3.05. The summed E-state index contributed by atoms with van der Waals surface area (Å²) in [7, 11) is 0. The molecule has 2 aliphatic heterocycles. The van der Waals surface area contributed by atoms with E-state index in [-0.39, 0.29) is 24.0 Å². The Balaban J connectivity index is 0.00000261. The lowest BCUT2D eigenvalue weighted by Gasteiger charge is -2.37. The van der Waals surface area contributed by atoms with Crippen molar-refractivity contribution < 1.29 is 9.84 Å². The summed E-state index contributed by atoms with van der Waals surface area (Å²) in [6.07, 6.45) is 1.32. The molecule has 154 valence electrons. The van der Waals surface area contributed by atoms with Crippen molar-refractivity contribution in [1.82, 2.24) is 15.1 Å². The fourth-order valence-corrected chi connectivity index (χ4v) is 4.46. The van der Waals surface area contributed by atoms with E-state index in [0.717, 1.165) is 49.6 Å². The van der Waals surface area contributed by atoms with Gasteiger partial charge in [0.1, 0.15) is 0 Å². The quantitative estimate of drug-likeness (QED) is 0.350. The molecule has 0 radical (unpaired) electrons. The van der Waals surface area contributed by atoms with E-state index in [1.165, 1.54) is 4.88 Å². The molecule has 0 atom stereocenters. The number of guanidine groups is 1. The average molecular weight is 529 g/mol. The predicted molar refractivity (Wildman–Crippen MR) is 123 cm³/mol. The highest BCUT2D eigenvalue weighted by atomic mass is 127. The molecule has 0 spiro atoms. The molecule has 0 amide bonds. The fraction of sp³-hybridized carbons (Fsp3) is 0.722. The van der Waals surface area contributed by atoms with Crippen LogP contribution in [0.3, 0.4) is 0 Å². The van der Waals surface area contributed by atoms with Crippen molar-refractivity contribution in [1.29, 1.82) is 0 Å². The van der Waals surface area contributed by atoms with Crippen LogP contribution in [0.5, 0.6) is 0 Å². The van der Waals surface area contributed by atoms with Gasteiger partial charge in [-0.25, -0.2) is 0 Å². The molecule has 0 aliphatic carbocycles. The highest BCUT2D eigenvalue weighted by molar-refractivity contribution is 14.0. The van der Waals surface area contributed by atoms with Gasteiger partial charge < -0.3 is 20.1 Å². The first-order valence-corrected chi connectivity index (χ1v) is 10.6. The first-order valence-electron chi connectivity index (χ1n) is 9.38. The molecule has 2 N–H and O–H groups in total. The first kappa shape index (κ1) is 23.2. The van der Waals surface area contributed by atoms with Gasteiger partial charge in [0.25, 0.3) is 0 Å². The monoisotopic (exact) mass is 528 g/mol. The maximum atomic E-state index is 10.6. The van der Waals surface area contributed by atoms with E-state index < -0.39 is 5.60 Å². The minimum Gasteiger partial charge on any atom is -0.388 e. The van der Waals surface area contributed by atoms with Crippen LogP contribution in [-0.2, 0) is 11.3 Å². The zero-order chi connectivity index (χ0) is 18.4. The minimum atomic E-state index is -0.723. The number of hydrogen-bond donors (Lipinski definition) is 2. The summed E-state index contributed by atoms with van der Waals surface area (Å²) < 4.78 is 6.20. The van der Waals surface area contributed by atoms with Crippen LogP contribution in [0.1, 0.15) is 24.6 Å². The second-order valence-electron chi connectivity index (χ2n) is 6.98. The van der Waals surface area contributed by atoms with Crippen molar-refractivity contribution in [3.63, 3.8) is 0 Å². The Bertz CT molecular complexity index is 602. The third kappa shape index (κ3) is 7.01. The fourth-order valence-electron chi connectivity index (χ4n) is 3.33. The van der Waals surface area contributed by atoms with Crippen LogP contribution in [0, 0.1) is 0 Å². The minimum absolute atomic E-state index is 0. The van der Waals surface area contributed by atoms with E-state index in [2.05, 4.69) is 28.1 Å². The number of aliphatic hydroxyl groups is 1. The normalized spacial score (nSPS) is 21.0. The van der Waals surface area contributed by atoms with Crippen molar-refractivity contribution in [2.75, 3.05) is 52.5 Å². The van der Waals surface area contributed by atoms with Gasteiger partial charge in [0, 0.05) is 70.2 Å². The predicted octanol–water partition coefficient (Wildman–Crippen LogP) is 2.64. The Morgan fingerprint density at radius 2 is 2.00 bits per heavy atom. The second-order valence-corrected chi connectivity index (χ2v) is 8.78. The van der Waals surface area contributed by atoms with Crippen LogP contribution in [0.4, 0.5) is 0 Å². The smallest absolute Gasteiger partial charge is 0.194 e. The Morgan fingerprint density at radius 1 is 1.30 bits per heavy atom. The molecule has 6 nitrogen and oxygen atoms in total. The number of nitrogens with zero attached hydrogens (tertiary/aromatic N) is 3. The summed E-state index contributed by atoms with van der Waals surface area (Å²) in [5, 5.41) is 14.0. The van der Waals surface area contributed by atoms with Crippen LogP contribution in [0.2, 0.25) is 4.34 Å². The molecule has 3 rings (SSSR count). The largest absolute Gasteiger partial charge is 0.388 e. The third-order valence-corrected chi connectivity index (χ3v) is 6.18. The number of aliphatic imine (C=N–C) groups is 1. The number of ether oxygens (including phenoxy) is 1. The molecule has 2 aliphatic rings. The number of hydrogen-bond acceptors (Lipinski definition) is 5. The van der Waals surface area contributed by atoms with Crippen molar-refractivity contribution in [2.45, 2.75) is 31.9 Å². The van der Waals surface area contributed by atoms with Gasteiger partial charge >= 0.3 is 0 Å². The van der Waals surface area contributed by atoms with Gasteiger partial charge in [-0.05, 0) is 19.1 Å². The van der Waals surface area contributed by atoms with E-state index >= 15 is 0 Å². The maximum absolute atomic E-state index is 10.6. The molecular weight excluding hydrogens is 499 g/mol. The van der Waals surface area contributed by atoms with E-state index in [1.54, 1.807) is 11.3 Å². The van der Waals surface area contributed by atoms with Gasteiger partial charge in [-0.1, -0.05) is 11.6 Å². The highest BCUT2D eigenvalue weighted by Crippen LogP contribution is 2.23. The number of rotatable bonds is 5. The number of piperazine rings is 1. The Labute approximate surface area is 187 Å². The molecule has 2 fully saturated rings. The van der Waals surface area contributed by atoms with Gasteiger partial charge in [-0.2, -0.15) is 0 Å². The molecule has 27 heavy (non-hydrogen) atoms. The van der Waals surface area contributed by atoms with E-state index in [1.807, 2.05) is 6.07 Å². The third-order valence-electron chi connectivity index (χ3n) is 4.96. The second kappa shape index (κ2) is 11.2. The van der Waals surface area contributed by atoms with Crippen LogP contribution < -0.4 is 5.32 Å². The molecule has 9 heteroatoms. The van der Waals surface area contributed by atoms with Crippen LogP contribution in [0.15, 0.2) is 17.1 Å². The lowest BCUT2D eigenvalue weighted by molar-refractivity contribution is -0.0567. The SMILES string of the molecule is CCNC(=NCC1(O)CCOCC1)N1CCN(Cc2ccc(Cl)s2)CC1.I. The van der Waals surface area contributed by atoms with Crippen molar-refractivity contribution >= 4 is 52.9 Å². The number of nitrogens with one attached hydrogen (secondary N) is 1. The van der Waals surface area contributed by atoms with E-state index in [9.17, 15) is 5.11 Å². The summed E-state index contributed by atoms with van der Waals surface area (Å²) in [5.74, 6) is 0.909. The molecule has 0 saturated carbocycles. The molecule has 3 heterocycles. The zero-order valence-electron chi connectivity index (χ0n) is 15.8.